The summed E-state index contributed by atoms with van der Waals surface area (Å²) in [6.45, 7) is 4.39. The highest BCUT2D eigenvalue weighted by molar-refractivity contribution is 8.00. The van der Waals surface area contributed by atoms with Crippen molar-refractivity contribution in [3.05, 3.63) is 29.3 Å². The number of aryl methyl sites for hydroxylation is 1. The van der Waals surface area contributed by atoms with Gasteiger partial charge in [-0.1, -0.05) is 19.8 Å². The number of rotatable bonds is 3. The van der Waals surface area contributed by atoms with E-state index in [2.05, 4.69) is 19.1 Å². The molecule has 0 aromatic heterocycles. The first-order chi connectivity index (χ1) is 8.56. The van der Waals surface area contributed by atoms with Crippen LogP contribution in [0.1, 0.15) is 43.7 Å². The largest absolute Gasteiger partial charge is 0.384 e. The predicted octanol–water partition coefficient (Wildman–Crippen LogP) is 3.95. The number of hydrogen-bond donors (Lipinski definition) is 2. The van der Waals surface area contributed by atoms with Crippen LogP contribution in [0.15, 0.2) is 23.1 Å². The maximum absolute atomic E-state index is 7.50. The summed E-state index contributed by atoms with van der Waals surface area (Å²) in [4.78, 5) is 1.32. The Morgan fingerprint density at radius 2 is 2.17 bits per heavy atom. The van der Waals surface area contributed by atoms with Crippen LogP contribution < -0.4 is 5.73 Å². The number of nitrogen functional groups attached to an aromatic ring is 1. The zero-order valence-electron chi connectivity index (χ0n) is 11.2. The number of nitrogens with one attached hydrogen (secondary N) is 1. The lowest BCUT2D eigenvalue weighted by molar-refractivity contribution is 0.394. The van der Waals surface area contributed by atoms with Crippen molar-refractivity contribution in [1.29, 1.82) is 5.41 Å². The van der Waals surface area contributed by atoms with Crippen molar-refractivity contribution >= 4 is 17.6 Å². The molecule has 1 aliphatic carbocycles. The Morgan fingerprint density at radius 1 is 1.39 bits per heavy atom. The van der Waals surface area contributed by atoms with Crippen LogP contribution >= 0.6 is 11.8 Å². The van der Waals surface area contributed by atoms with Crippen molar-refractivity contribution < 1.29 is 0 Å². The third-order valence-corrected chi connectivity index (χ3v) is 4.97. The molecule has 3 N–H and O–H groups in total. The van der Waals surface area contributed by atoms with E-state index in [0.717, 1.165) is 22.3 Å². The van der Waals surface area contributed by atoms with Gasteiger partial charge in [-0.2, -0.15) is 0 Å². The van der Waals surface area contributed by atoms with Gasteiger partial charge in [0.15, 0.2) is 0 Å². The molecule has 3 heteroatoms. The van der Waals surface area contributed by atoms with Gasteiger partial charge in [0.05, 0.1) is 0 Å². The van der Waals surface area contributed by atoms with Crippen LogP contribution in [0.4, 0.5) is 0 Å². The highest BCUT2D eigenvalue weighted by Crippen LogP contribution is 2.36. The second-order valence-corrected chi connectivity index (χ2v) is 6.78. The van der Waals surface area contributed by atoms with Crippen molar-refractivity contribution in [2.24, 2.45) is 11.7 Å². The first kappa shape index (κ1) is 13.5. The molecule has 0 radical (unpaired) electrons. The standard InChI is InChI=1S/C15H22N2S/c1-10-4-3-5-12(8-10)18-13-6-7-14(15(16)17)11(2)9-13/h6-7,9-10,12H,3-5,8H2,1-2H3,(H3,16,17). The zero-order chi connectivity index (χ0) is 13.1. The van der Waals surface area contributed by atoms with Gasteiger partial charge < -0.3 is 5.73 Å². The topological polar surface area (TPSA) is 49.9 Å². The first-order valence-electron chi connectivity index (χ1n) is 6.68. The molecule has 1 aliphatic rings. The van der Waals surface area contributed by atoms with Gasteiger partial charge in [-0.25, -0.2) is 0 Å². The molecule has 98 valence electrons. The van der Waals surface area contributed by atoms with Crippen molar-refractivity contribution in [3.63, 3.8) is 0 Å². The van der Waals surface area contributed by atoms with Gasteiger partial charge in [-0.05, 0) is 49.4 Å². The van der Waals surface area contributed by atoms with Gasteiger partial charge in [0.25, 0.3) is 0 Å². The predicted molar refractivity (Wildman–Crippen MR) is 79.5 cm³/mol. The summed E-state index contributed by atoms with van der Waals surface area (Å²) in [5.41, 5.74) is 7.51. The van der Waals surface area contributed by atoms with Gasteiger partial charge in [0.1, 0.15) is 5.84 Å². The molecule has 0 spiro atoms. The van der Waals surface area contributed by atoms with E-state index in [-0.39, 0.29) is 5.84 Å². The van der Waals surface area contributed by atoms with Crippen LogP contribution in [-0.4, -0.2) is 11.1 Å². The third kappa shape index (κ3) is 3.29. The molecule has 0 amide bonds. The second kappa shape index (κ2) is 5.79. The van der Waals surface area contributed by atoms with E-state index in [4.69, 9.17) is 11.1 Å². The van der Waals surface area contributed by atoms with E-state index < -0.39 is 0 Å². The molecular formula is C15H22N2S. The van der Waals surface area contributed by atoms with Crippen LogP contribution in [0.3, 0.4) is 0 Å². The smallest absolute Gasteiger partial charge is 0.123 e. The lowest BCUT2D eigenvalue weighted by Gasteiger charge is -2.26. The Labute approximate surface area is 114 Å². The van der Waals surface area contributed by atoms with E-state index in [1.165, 1.54) is 30.6 Å². The van der Waals surface area contributed by atoms with Crippen molar-refractivity contribution in [1.82, 2.24) is 0 Å². The molecule has 0 bridgehead atoms. The molecule has 0 heterocycles. The maximum Gasteiger partial charge on any atom is 0.123 e. The Bertz CT molecular complexity index is 442. The summed E-state index contributed by atoms with van der Waals surface area (Å²) in [7, 11) is 0. The Morgan fingerprint density at radius 3 is 2.78 bits per heavy atom. The quantitative estimate of drug-likeness (QED) is 0.640. The second-order valence-electron chi connectivity index (χ2n) is 5.40. The minimum Gasteiger partial charge on any atom is -0.384 e. The Balaban J connectivity index is 2.05. The molecule has 2 nitrogen and oxygen atoms in total. The summed E-state index contributed by atoms with van der Waals surface area (Å²) in [6.07, 6.45) is 5.42. The third-order valence-electron chi connectivity index (χ3n) is 3.68. The average Bonchev–Trinajstić information content (AvgIpc) is 2.28. The molecule has 1 saturated carbocycles. The number of amidine groups is 1. The first-order valence-corrected chi connectivity index (χ1v) is 7.56. The van der Waals surface area contributed by atoms with Crippen molar-refractivity contribution in [2.45, 2.75) is 49.7 Å². The van der Waals surface area contributed by atoms with Crippen LogP contribution in [0.2, 0.25) is 0 Å². The van der Waals surface area contributed by atoms with E-state index in [1.54, 1.807) is 0 Å². The minimum atomic E-state index is 0.162. The summed E-state index contributed by atoms with van der Waals surface area (Å²) in [6, 6.07) is 6.25. The summed E-state index contributed by atoms with van der Waals surface area (Å²) < 4.78 is 0. The van der Waals surface area contributed by atoms with Crippen molar-refractivity contribution in [2.75, 3.05) is 0 Å². The molecule has 2 unspecified atom stereocenters. The van der Waals surface area contributed by atoms with Gasteiger partial charge in [-0.3, -0.25) is 5.41 Å². The maximum atomic E-state index is 7.50. The molecule has 0 saturated heterocycles. The highest BCUT2D eigenvalue weighted by Gasteiger charge is 2.19. The van der Waals surface area contributed by atoms with Gasteiger partial charge in [-0.15, -0.1) is 11.8 Å². The zero-order valence-corrected chi connectivity index (χ0v) is 12.0. The fourth-order valence-corrected chi connectivity index (χ4v) is 4.18. The van der Waals surface area contributed by atoms with E-state index in [1.807, 2.05) is 24.8 Å². The molecule has 18 heavy (non-hydrogen) atoms. The van der Waals surface area contributed by atoms with Gasteiger partial charge in [0, 0.05) is 15.7 Å². The van der Waals surface area contributed by atoms with E-state index in [0.29, 0.717) is 0 Å². The van der Waals surface area contributed by atoms with E-state index >= 15 is 0 Å². The molecule has 1 aromatic rings. The summed E-state index contributed by atoms with van der Waals surface area (Å²) >= 11 is 1.99. The number of nitrogens with two attached hydrogens (primary N) is 1. The van der Waals surface area contributed by atoms with Crippen LogP contribution in [0.5, 0.6) is 0 Å². The van der Waals surface area contributed by atoms with Crippen LogP contribution in [-0.2, 0) is 0 Å². The number of benzene rings is 1. The molecule has 1 aromatic carbocycles. The van der Waals surface area contributed by atoms with Crippen molar-refractivity contribution in [3.8, 4) is 0 Å². The normalized spacial score (nSPS) is 23.9. The van der Waals surface area contributed by atoms with Crippen LogP contribution in [0.25, 0.3) is 0 Å². The van der Waals surface area contributed by atoms with Crippen LogP contribution in [0, 0.1) is 18.3 Å². The molecule has 2 atom stereocenters. The Kier molecular flexibility index (Phi) is 4.33. The SMILES string of the molecule is Cc1cc(SC2CCCC(C)C2)ccc1C(=N)N. The Hall–Kier alpha value is -0.960. The summed E-state index contributed by atoms with van der Waals surface area (Å²) in [5, 5.41) is 8.26. The molecule has 1 fully saturated rings. The number of thioether (sulfide) groups is 1. The molecular weight excluding hydrogens is 240 g/mol. The highest BCUT2D eigenvalue weighted by atomic mass is 32.2. The van der Waals surface area contributed by atoms with E-state index in [9.17, 15) is 0 Å². The minimum absolute atomic E-state index is 0.162. The lowest BCUT2D eigenvalue weighted by atomic mass is 9.91. The monoisotopic (exact) mass is 262 g/mol. The lowest BCUT2D eigenvalue weighted by Crippen LogP contribution is -2.15. The average molecular weight is 262 g/mol. The fourth-order valence-electron chi connectivity index (χ4n) is 2.69. The fraction of sp³-hybridized carbons (Fsp3) is 0.533. The molecule has 0 aliphatic heterocycles. The number of hydrogen-bond acceptors (Lipinski definition) is 2. The van der Waals surface area contributed by atoms with Gasteiger partial charge in [0.2, 0.25) is 0 Å². The summed E-state index contributed by atoms with van der Waals surface area (Å²) in [5.74, 6) is 1.03. The molecule has 2 rings (SSSR count). The van der Waals surface area contributed by atoms with Gasteiger partial charge >= 0.3 is 0 Å².